The number of esters is 1. The number of hydrogen-bond donors (Lipinski definition) is 0. The zero-order valence-electron chi connectivity index (χ0n) is 12.0. The predicted molar refractivity (Wildman–Crippen MR) is 72.5 cm³/mol. The smallest absolute Gasteiger partial charge is 0.307 e. The van der Waals surface area contributed by atoms with Crippen LogP contribution in [-0.4, -0.2) is 43.2 Å². The second kappa shape index (κ2) is 7.56. The Morgan fingerprint density at radius 2 is 2.16 bits per heavy atom. The van der Waals surface area contributed by atoms with Crippen LogP contribution in [0.1, 0.15) is 25.5 Å². The zero-order valence-corrected chi connectivity index (χ0v) is 12.0. The van der Waals surface area contributed by atoms with Gasteiger partial charge in [0.05, 0.1) is 20.1 Å². The minimum Gasteiger partial charge on any atom is -0.478 e. The number of carbonyl (C=O) groups excluding carboxylic acids is 1. The largest absolute Gasteiger partial charge is 0.478 e. The summed E-state index contributed by atoms with van der Waals surface area (Å²) in [4.78, 5) is 21.6. The maximum absolute atomic E-state index is 11.1. The first-order chi connectivity index (χ1) is 9.06. The van der Waals surface area contributed by atoms with Gasteiger partial charge in [0, 0.05) is 25.4 Å². The first kappa shape index (κ1) is 15.2. The van der Waals surface area contributed by atoms with Crippen LogP contribution in [0.25, 0.3) is 0 Å². The summed E-state index contributed by atoms with van der Waals surface area (Å²) in [5, 5.41) is 0. The Morgan fingerprint density at radius 3 is 2.79 bits per heavy atom. The van der Waals surface area contributed by atoms with Gasteiger partial charge in [-0.15, -0.1) is 0 Å². The Hall–Kier alpha value is -1.85. The van der Waals surface area contributed by atoms with Gasteiger partial charge < -0.3 is 14.4 Å². The van der Waals surface area contributed by atoms with E-state index in [-0.39, 0.29) is 5.97 Å². The third-order valence-corrected chi connectivity index (χ3v) is 2.49. The molecule has 0 N–H and O–H groups in total. The normalized spacial score (nSPS) is 10.1. The molecule has 0 amide bonds. The predicted octanol–water partition coefficient (Wildman–Crippen LogP) is 1.57. The highest BCUT2D eigenvalue weighted by Gasteiger charge is 2.10. The lowest BCUT2D eigenvalue weighted by molar-refractivity contribution is -0.140. The number of methoxy groups -OCH3 is 1. The van der Waals surface area contributed by atoms with Crippen molar-refractivity contribution in [2.75, 3.05) is 32.2 Å². The van der Waals surface area contributed by atoms with Crippen LogP contribution in [0.2, 0.25) is 0 Å². The maximum Gasteiger partial charge on any atom is 0.307 e. The van der Waals surface area contributed by atoms with Crippen LogP contribution in [0.4, 0.5) is 5.95 Å². The molecule has 6 heteroatoms. The molecule has 106 valence electrons. The Bertz CT molecular complexity index is 424. The van der Waals surface area contributed by atoms with E-state index in [1.54, 1.807) is 6.07 Å². The zero-order chi connectivity index (χ0) is 14.3. The third kappa shape index (κ3) is 5.11. The monoisotopic (exact) mass is 267 g/mol. The quantitative estimate of drug-likeness (QED) is 0.699. The SMILES string of the molecule is CCCOc1cc(C)nc(N(C)CCC(=O)OC)n1. The summed E-state index contributed by atoms with van der Waals surface area (Å²) < 4.78 is 10.1. The first-order valence-electron chi connectivity index (χ1n) is 6.33. The molecule has 0 aliphatic rings. The molecular formula is C13H21N3O3. The van der Waals surface area contributed by atoms with Gasteiger partial charge in [-0.25, -0.2) is 4.98 Å². The minimum absolute atomic E-state index is 0.248. The van der Waals surface area contributed by atoms with Crippen LogP contribution in [0.3, 0.4) is 0 Å². The Morgan fingerprint density at radius 1 is 1.42 bits per heavy atom. The summed E-state index contributed by atoms with van der Waals surface area (Å²) in [6.07, 6.45) is 1.23. The number of rotatable bonds is 7. The molecular weight excluding hydrogens is 246 g/mol. The van der Waals surface area contributed by atoms with Gasteiger partial charge in [0.15, 0.2) is 0 Å². The standard InChI is InChI=1S/C13H21N3O3/c1-5-8-19-11-9-10(2)14-13(15-11)16(3)7-6-12(17)18-4/h9H,5-8H2,1-4H3. The van der Waals surface area contributed by atoms with Gasteiger partial charge in [-0.1, -0.05) is 6.92 Å². The fourth-order valence-electron chi connectivity index (χ4n) is 1.44. The first-order valence-corrected chi connectivity index (χ1v) is 6.33. The van der Waals surface area contributed by atoms with Crippen molar-refractivity contribution >= 4 is 11.9 Å². The molecule has 0 atom stereocenters. The lowest BCUT2D eigenvalue weighted by Crippen LogP contribution is -2.24. The van der Waals surface area contributed by atoms with Crippen LogP contribution in [0, 0.1) is 6.92 Å². The van der Waals surface area contributed by atoms with Gasteiger partial charge in [0.2, 0.25) is 11.8 Å². The highest BCUT2D eigenvalue weighted by atomic mass is 16.5. The molecule has 0 spiro atoms. The van der Waals surface area contributed by atoms with E-state index in [0.717, 1.165) is 12.1 Å². The van der Waals surface area contributed by atoms with Gasteiger partial charge >= 0.3 is 5.97 Å². The maximum atomic E-state index is 11.1. The molecule has 0 saturated heterocycles. The fourth-order valence-corrected chi connectivity index (χ4v) is 1.44. The van der Waals surface area contributed by atoms with Crippen molar-refractivity contribution in [3.05, 3.63) is 11.8 Å². The highest BCUT2D eigenvalue weighted by molar-refractivity contribution is 5.69. The van der Waals surface area contributed by atoms with Gasteiger partial charge in [-0.05, 0) is 13.3 Å². The van der Waals surface area contributed by atoms with Gasteiger partial charge in [0.1, 0.15) is 0 Å². The van der Waals surface area contributed by atoms with Crippen LogP contribution in [0.5, 0.6) is 5.88 Å². The molecule has 19 heavy (non-hydrogen) atoms. The lowest BCUT2D eigenvalue weighted by Gasteiger charge is -2.17. The molecule has 0 aliphatic heterocycles. The van der Waals surface area contributed by atoms with Gasteiger partial charge in [-0.2, -0.15) is 4.98 Å². The topological polar surface area (TPSA) is 64.5 Å². The van der Waals surface area contributed by atoms with Crippen molar-refractivity contribution in [2.45, 2.75) is 26.7 Å². The highest BCUT2D eigenvalue weighted by Crippen LogP contribution is 2.15. The molecule has 0 aliphatic carbocycles. The molecule has 0 saturated carbocycles. The molecule has 0 radical (unpaired) electrons. The van der Waals surface area contributed by atoms with Crippen molar-refractivity contribution in [3.8, 4) is 5.88 Å². The summed E-state index contributed by atoms with van der Waals surface area (Å²) in [6, 6.07) is 1.80. The lowest BCUT2D eigenvalue weighted by atomic mass is 10.4. The van der Waals surface area contributed by atoms with Crippen molar-refractivity contribution in [2.24, 2.45) is 0 Å². The molecule has 1 rings (SSSR count). The van der Waals surface area contributed by atoms with Crippen molar-refractivity contribution < 1.29 is 14.3 Å². The summed E-state index contributed by atoms with van der Waals surface area (Å²) in [7, 11) is 3.21. The Kier molecular flexibility index (Phi) is 6.05. The summed E-state index contributed by atoms with van der Waals surface area (Å²) >= 11 is 0. The molecule has 0 bridgehead atoms. The summed E-state index contributed by atoms with van der Waals surface area (Å²) in [6.45, 7) is 5.06. The number of anilines is 1. The van der Waals surface area contributed by atoms with Gasteiger partial charge in [-0.3, -0.25) is 4.79 Å². The fraction of sp³-hybridized carbons (Fsp3) is 0.615. The van der Waals surface area contributed by atoms with E-state index in [9.17, 15) is 4.79 Å². The second-order valence-electron chi connectivity index (χ2n) is 4.24. The van der Waals surface area contributed by atoms with E-state index in [4.69, 9.17) is 4.74 Å². The molecule has 6 nitrogen and oxygen atoms in total. The average Bonchev–Trinajstić information content (AvgIpc) is 2.41. The van der Waals surface area contributed by atoms with Crippen LogP contribution in [0.15, 0.2) is 6.07 Å². The van der Waals surface area contributed by atoms with Crippen LogP contribution >= 0.6 is 0 Å². The number of aromatic nitrogens is 2. The van der Waals surface area contributed by atoms with E-state index in [1.165, 1.54) is 7.11 Å². The van der Waals surface area contributed by atoms with Crippen molar-refractivity contribution in [1.29, 1.82) is 0 Å². The summed E-state index contributed by atoms with van der Waals surface area (Å²) in [5.74, 6) is 0.867. The number of ether oxygens (including phenoxy) is 2. The van der Waals surface area contributed by atoms with E-state index in [1.807, 2.05) is 25.8 Å². The molecule has 0 unspecified atom stereocenters. The number of aryl methyl sites for hydroxylation is 1. The second-order valence-corrected chi connectivity index (χ2v) is 4.24. The number of carbonyl (C=O) groups is 1. The van der Waals surface area contributed by atoms with E-state index >= 15 is 0 Å². The van der Waals surface area contributed by atoms with Crippen LogP contribution < -0.4 is 9.64 Å². The summed E-state index contributed by atoms with van der Waals surface area (Å²) in [5.41, 5.74) is 0.834. The van der Waals surface area contributed by atoms with Crippen LogP contribution in [-0.2, 0) is 9.53 Å². The molecule has 1 aromatic heterocycles. The number of hydrogen-bond acceptors (Lipinski definition) is 6. The molecule has 1 aromatic rings. The molecule has 0 aromatic carbocycles. The van der Waals surface area contributed by atoms with E-state index < -0.39 is 0 Å². The Balaban J connectivity index is 2.70. The molecule has 1 heterocycles. The van der Waals surface area contributed by atoms with E-state index in [0.29, 0.717) is 31.4 Å². The number of nitrogens with zero attached hydrogens (tertiary/aromatic N) is 3. The van der Waals surface area contributed by atoms with Gasteiger partial charge in [0.25, 0.3) is 0 Å². The van der Waals surface area contributed by atoms with E-state index in [2.05, 4.69) is 14.7 Å². The average molecular weight is 267 g/mol. The minimum atomic E-state index is -0.248. The Labute approximate surface area is 113 Å². The third-order valence-electron chi connectivity index (χ3n) is 2.49. The van der Waals surface area contributed by atoms with Crippen molar-refractivity contribution in [3.63, 3.8) is 0 Å². The van der Waals surface area contributed by atoms with Crippen molar-refractivity contribution in [1.82, 2.24) is 9.97 Å². The molecule has 0 fully saturated rings.